The molecule has 5 heteroatoms. The summed E-state index contributed by atoms with van der Waals surface area (Å²) in [6, 6.07) is 10.4. The maximum absolute atomic E-state index is 11.1. The average Bonchev–Trinajstić information content (AvgIpc) is 2.73. The van der Waals surface area contributed by atoms with Crippen molar-refractivity contribution in [3.8, 4) is 17.8 Å². The van der Waals surface area contributed by atoms with Crippen LogP contribution in [0.2, 0.25) is 0 Å². The van der Waals surface area contributed by atoms with Gasteiger partial charge in [-0.25, -0.2) is 4.79 Å². The predicted octanol–water partition coefficient (Wildman–Crippen LogP) is 2.54. The maximum atomic E-state index is 11.1. The Labute approximate surface area is 115 Å². The largest absolute Gasteiger partial charge is 0.478 e. The highest BCUT2D eigenvalue weighted by atomic mass is 16.4. The van der Waals surface area contributed by atoms with Crippen molar-refractivity contribution in [3.63, 3.8) is 0 Å². The Morgan fingerprint density at radius 1 is 1.15 bits per heavy atom. The first-order valence-corrected chi connectivity index (χ1v) is 5.86. The van der Waals surface area contributed by atoms with Crippen molar-refractivity contribution >= 4 is 5.97 Å². The molecule has 0 saturated carbocycles. The standard InChI is InChI=1S/C15H11N3O2/c1-9-5-14(15(19)20)10(2)18(9)13-4-3-11(7-16)12(6-13)8-17/h3-6H,1-2H3,(H,19,20). The summed E-state index contributed by atoms with van der Waals surface area (Å²) in [5, 5.41) is 27.1. The zero-order valence-corrected chi connectivity index (χ0v) is 11.0. The average molecular weight is 265 g/mol. The first-order chi connectivity index (χ1) is 9.49. The summed E-state index contributed by atoms with van der Waals surface area (Å²) in [7, 11) is 0. The van der Waals surface area contributed by atoms with E-state index in [0.29, 0.717) is 16.9 Å². The number of carboxylic acids is 1. The monoisotopic (exact) mass is 265 g/mol. The van der Waals surface area contributed by atoms with Gasteiger partial charge in [0.15, 0.2) is 0 Å². The lowest BCUT2D eigenvalue weighted by atomic mass is 10.1. The summed E-state index contributed by atoms with van der Waals surface area (Å²) >= 11 is 0. The number of nitrogens with zero attached hydrogens (tertiary/aromatic N) is 3. The number of hydrogen-bond donors (Lipinski definition) is 1. The summed E-state index contributed by atoms with van der Waals surface area (Å²) < 4.78 is 1.76. The van der Waals surface area contributed by atoms with Crippen LogP contribution in [0.3, 0.4) is 0 Å². The minimum Gasteiger partial charge on any atom is -0.478 e. The van der Waals surface area contributed by atoms with E-state index in [1.807, 2.05) is 12.1 Å². The molecule has 0 aliphatic carbocycles. The highest BCUT2D eigenvalue weighted by molar-refractivity contribution is 5.89. The molecule has 2 aromatic rings. The van der Waals surface area contributed by atoms with Gasteiger partial charge in [0.1, 0.15) is 12.1 Å². The first-order valence-electron chi connectivity index (χ1n) is 5.86. The lowest BCUT2D eigenvalue weighted by Crippen LogP contribution is -2.03. The van der Waals surface area contributed by atoms with Gasteiger partial charge in [-0.05, 0) is 38.1 Å². The Kier molecular flexibility index (Phi) is 3.28. The number of rotatable bonds is 2. The molecule has 0 amide bonds. The zero-order valence-electron chi connectivity index (χ0n) is 11.0. The molecular weight excluding hydrogens is 254 g/mol. The molecule has 0 radical (unpaired) electrons. The van der Waals surface area contributed by atoms with E-state index in [0.717, 1.165) is 5.69 Å². The molecule has 1 heterocycles. The molecule has 0 aliphatic rings. The Morgan fingerprint density at radius 3 is 2.30 bits per heavy atom. The van der Waals surface area contributed by atoms with E-state index in [1.54, 1.807) is 42.7 Å². The minimum absolute atomic E-state index is 0.227. The highest BCUT2D eigenvalue weighted by Crippen LogP contribution is 2.22. The van der Waals surface area contributed by atoms with Crippen LogP contribution in [0.5, 0.6) is 0 Å². The smallest absolute Gasteiger partial charge is 0.337 e. The second-order valence-electron chi connectivity index (χ2n) is 4.38. The van der Waals surface area contributed by atoms with Gasteiger partial charge in [0.25, 0.3) is 0 Å². The van der Waals surface area contributed by atoms with Crippen molar-refractivity contribution in [1.82, 2.24) is 4.57 Å². The summed E-state index contributed by atoms with van der Waals surface area (Å²) in [5.74, 6) is -0.987. The Hall–Kier alpha value is -3.05. The van der Waals surface area contributed by atoms with E-state index >= 15 is 0 Å². The van der Waals surface area contributed by atoms with E-state index in [2.05, 4.69) is 0 Å². The molecule has 2 rings (SSSR count). The number of aromatic carboxylic acids is 1. The number of benzene rings is 1. The quantitative estimate of drug-likeness (QED) is 0.903. The van der Waals surface area contributed by atoms with E-state index in [4.69, 9.17) is 15.6 Å². The fourth-order valence-corrected chi connectivity index (χ4v) is 2.24. The molecule has 0 unspecified atom stereocenters. The van der Waals surface area contributed by atoms with Crippen molar-refractivity contribution in [2.24, 2.45) is 0 Å². The van der Waals surface area contributed by atoms with Crippen LogP contribution in [0.15, 0.2) is 24.3 Å². The molecule has 5 nitrogen and oxygen atoms in total. The summed E-state index contributed by atoms with van der Waals surface area (Å²) in [5.41, 5.74) is 2.82. The molecule has 98 valence electrons. The molecule has 1 N–H and O–H groups in total. The van der Waals surface area contributed by atoms with Crippen LogP contribution < -0.4 is 0 Å². The summed E-state index contributed by atoms with van der Waals surface area (Å²) in [6.45, 7) is 3.50. The van der Waals surface area contributed by atoms with Gasteiger partial charge in [-0.15, -0.1) is 0 Å². The molecule has 1 aromatic carbocycles. The second kappa shape index (κ2) is 4.91. The van der Waals surface area contributed by atoms with Gasteiger partial charge in [0.05, 0.1) is 16.7 Å². The van der Waals surface area contributed by atoms with E-state index in [9.17, 15) is 4.79 Å². The maximum Gasteiger partial charge on any atom is 0.337 e. The molecule has 0 atom stereocenters. The molecule has 0 saturated heterocycles. The van der Waals surface area contributed by atoms with Gasteiger partial charge in [0, 0.05) is 17.1 Å². The van der Waals surface area contributed by atoms with Crippen LogP contribution in [0.1, 0.15) is 32.9 Å². The summed E-state index contributed by atoms with van der Waals surface area (Å²) in [4.78, 5) is 11.1. The lowest BCUT2D eigenvalue weighted by molar-refractivity contribution is 0.0696. The number of nitriles is 2. The highest BCUT2D eigenvalue weighted by Gasteiger charge is 2.16. The van der Waals surface area contributed by atoms with Gasteiger partial charge in [-0.1, -0.05) is 0 Å². The van der Waals surface area contributed by atoms with Gasteiger partial charge >= 0.3 is 5.97 Å². The minimum atomic E-state index is -0.987. The molecule has 0 spiro atoms. The molecular formula is C15H11N3O2. The Bertz CT molecular complexity index is 789. The molecule has 0 aliphatic heterocycles. The van der Waals surface area contributed by atoms with Crippen LogP contribution in [0.25, 0.3) is 5.69 Å². The molecule has 0 fully saturated rings. The van der Waals surface area contributed by atoms with E-state index in [-0.39, 0.29) is 11.1 Å². The fraction of sp³-hybridized carbons (Fsp3) is 0.133. The Balaban J connectivity index is 2.68. The predicted molar refractivity (Wildman–Crippen MR) is 71.6 cm³/mol. The third kappa shape index (κ3) is 2.02. The third-order valence-corrected chi connectivity index (χ3v) is 3.16. The van der Waals surface area contributed by atoms with E-state index < -0.39 is 5.97 Å². The number of carboxylic acid groups (broad SMARTS) is 1. The number of hydrogen-bond acceptors (Lipinski definition) is 3. The van der Waals surface area contributed by atoms with Crippen LogP contribution in [0, 0.1) is 36.5 Å². The fourth-order valence-electron chi connectivity index (χ4n) is 2.24. The molecule has 20 heavy (non-hydrogen) atoms. The number of carbonyl (C=O) groups is 1. The Morgan fingerprint density at radius 2 is 1.80 bits per heavy atom. The van der Waals surface area contributed by atoms with Gasteiger partial charge in [-0.3, -0.25) is 0 Å². The lowest BCUT2D eigenvalue weighted by Gasteiger charge is -2.10. The van der Waals surface area contributed by atoms with Crippen molar-refractivity contribution < 1.29 is 9.90 Å². The van der Waals surface area contributed by atoms with Crippen molar-refractivity contribution in [2.45, 2.75) is 13.8 Å². The normalized spacial score (nSPS) is 9.80. The number of aromatic nitrogens is 1. The molecule has 1 aromatic heterocycles. The van der Waals surface area contributed by atoms with Crippen molar-refractivity contribution in [1.29, 1.82) is 10.5 Å². The SMILES string of the molecule is Cc1cc(C(=O)O)c(C)n1-c1ccc(C#N)c(C#N)c1. The second-order valence-corrected chi connectivity index (χ2v) is 4.38. The number of aryl methyl sites for hydroxylation is 1. The van der Waals surface area contributed by atoms with Crippen LogP contribution in [-0.2, 0) is 0 Å². The summed E-state index contributed by atoms with van der Waals surface area (Å²) in [6.07, 6.45) is 0. The van der Waals surface area contributed by atoms with Crippen LogP contribution in [-0.4, -0.2) is 15.6 Å². The van der Waals surface area contributed by atoms with Crippen LogP contribution >= 0.6 is 0 Å². The van der Waals surface area contributed by atoms with Crippen molar-refractivity contribution in [2.75, 3.05) is 0 Å². The van der Waals surface area contributed by atoms with Crippen LogP contribution in [0.4, 0.5) is 0 Å². The van der Waals surface area contributed by atoms with Gasteiger partial charge in [0.2, 0.25) is 0 Å². The topological polar surface area (TPSA) is 89.8 Å². The van der Waals surface area contributed by atoms with Gasteiger partial charge in [-0.2, -0.15) is 10.5 Å². The zero-order chi connectivity index (χ0) is 14.9. The first kappa shape index (κ1) is 13.4. The van der Waals surface area contributed by atoms with Crippen molar-refractivity contribution in [3.05, 3.63) is 52.3 Å². The third-order valence-electron chi connectivity index (χ3n) is 3.16. The van der Waals surface area contributed by atoms with E-state index in [1.165, 1.54) is 0 Å². The van der Waals surface area contributed by atoms with Gasteiger partial charge < -0.3 is 9.67 Å². The molecule has 0 bridgehead atoms.